The molecule has 3 rings (SSSR count). The SMILES string of the molecule is CC.CCc1ccc([C]2C=C2Cc2ccccc2)cc1. The molecule has 0 spiro atoms. The molecule has 0 nitrogen and oxygen atoms in total. The Hall–Kier alpha value is -1.82. The lowest BCUT2D eigenvalue weighted by Crippen LogP contribution is -1.89. The highest BCUT2D eigenvalue weighted by Gasteiger charge is 2.26. The Kier molecular flexibility index (Phi) is 5.17. The topological polar surface area (TPSA) is 0 Å². The summed E-state index contributed by atoms with van der Waals surface area (Å²) < 4.78 is 0. The first-order chi connectivity index (χ1) is 9.86. The zero-order valence-corrected chi connectivity index (χ0v) is 12.7. The van der Waals surface area contributed by atoms with Crippen LogP contribution in [0, 0.1) is 5.92 Å². The molecule has 0 heteroatoms. The van der Waals surface area contributed by atoms with Crippen LogP contribution in [0.4, 0.5) is 0 Å². The van der Waals surface area contributed by atoms with Crippen molar-refractivity contribution in [3.63, 3.8) is 0 Å². The Morgan fingerprint density at radius 3 is 2.00 bits per heavy atom. The fourth-order valence-corrected chi connectivity index (χ4v) is 2.29. The first kappa shape index (κ1) is 14.6. The van der Waals surface area contributed by atoms with Crippen molar-refractivity contribution in [2.24, 2.45) is 0 Å². The monoisotopic (exact) mass is 263 g/mol. The summed E-state index contributed by atoms with van der Waals surface area (Å²) in [6.45, 7) is 6.19. The predicted molar refractivity (Wildman–Crippen MR) is 87.7 cm³/mol. The van der Waals surface area contributed by atoms with E-state index >= 15 is 0 Å². The van der Waals surface area contributed by atoms with Crippen LogP contribution in [0.2, 0.25) is 0 Å². The third-order valence-corrected chi connectivity index (χ3v) is 3.49. The summed E-state index contributed by atoms with van der Waals surface area (Å²) in [6, 6.07) is 19.6. The zero-order chi connectivity index (χ0) is 14.4. The molecule has 0 unspecified atom stereocenters. The van der Waals surface area contributed by atoms with Crippen LogP contribution in [0.15, 0.2) is 66.2 Å². The van der Waals surface area contributed by atoms with E-state index in [1.54, 1.807) is 0 Å². The molecule has 0 amide bonds. The second kappa shape index (κ2) is 7.09. The highest BCUT2D eigenvalue weighted by molar-refractivity contribution is 5.64. The summed E-state index contributed by atoms with van der Waals surface area (Å²) in [5, 5.41) is 0. The number of hydrogen-bond donors (Lipinski definition) is 0. The van der Waals surface area contributed by atoms with Gasteiger partial charge in [0.1, 0.15) is 0 Å². The van der Waals surface area contributed by atoms with Crippen LogP contribution >= 0.6 is 0 Å². The molecule has 0 N–H and O–H groups in total. The molecule has 0 aliphatic heterocycles. The Balaban J connectivity index is 0.000000704. The first-order valence-corrected chi connectivity index (χ1v) is 7.58. The average Bonchev–Trinajstić information content (AvgIpc) is 3.29. The molecule has 1 radical (unpaired) electrons. The molecule has 20 heavy (non-hydrogen) atoms. The van der Waals surface area contributed by atoms with Crippen LogP contribution in [0.5, 0.6) is 0 Å². The van der Waals surface area contributed by atoms with Crippen molar-refractivity contribution >= 4 is 0 Å². The van der Waals surface area contributed by atoms with Crippen molar-refractivity contribution in [3.05, 3.63) is 88.9 Å². The van der Waals surface area contributed by atoms with Crippen molar-refractivity contribution in [1.82, 2.24) is 0 Å². The molecule has 0 saturated carbocycles. The maximum Gasteiger partial charge on any atom is 0.0517 e. The van der Waals surface area contributed by atoms with E-state index in [1.165, 1.54) is 28.2 Å². The average molecular weight is 263 g/mol. The van der Waals surface area contributed by atoms with E-state index in [0.29, 0.717) is 0 Å². The number of hydrogen-bond acceptors (Lipinski definition) is 0. The number of rotatable bonds is 4. The van der Waals surface area contributed by atoms with Gasteiger partial charge >= 0.3 is 0 Å². The van der Waals surface area contributed by atoms with E-state index < -0.39 is 0 Å². The lowest BCUT2D eigenvalue weighted by atomic mass is 10.0. The molecule has 0 atom stereocenters. The van der Waals surface area contributed by atoms with Crippen molar-refractivity contribution in [2.75, 3.05) is 0 Å². The van der Waals surface area contributed by atoms with Crippen molar-refractivity contribution in [2.45, 2.75) is 33.6 Å². The van der Waals surface area contributed by atoms with Gasteiger partial charge < -0.3 is 0 Å². The fourth-order valence-electron chi connectivity index (χ4n) is 2.29. The molecule has 2 aromatic carbocycles. The first-order valence-electron chi connectivity index (χ1n) is 7.58. The van der Waals surface area contributed by atoms with Gasteiger partial charge in [-0.05, 0) is 29.5 Å². The standard InChI is InChI=1S/C18H17.C2H6/c1-2-14-8-10-16(11-9-14)18-13-17(18)12-15-6-4-3-5-7-15;1-2/h3-11,13H,2,12H2,1H3;1-2H3. The lowest BCUT2D eigenvalue weighted by Gasteiger charge is -2.03. The van der Waals surface area contributed by atoms with Crippen molar-refractivity contribution in [1.29, 1.82) is 0 Å². The molecule has 0 aromatic heterocycles. The molecular formula is C20H23. The largest absolute Gasteiger partial charge is 0.0683 e. The molecule has 1 aliphatic rings. The highest BCUT2D eigenvalue weighted by Crippen LogP contribution is 2.40. The van der Waals surface area contributed by atoms with Gasteiger partial charge in [-0.3, -0.25) is 0 Å². The summed E-state index contributed by atoms with van der Waals surface area (Å²) in [7, 11) is 0. The maximum absolute atomic E-state index is 2.30. The van der Waals surface area contributed by atoms with Gasteiger partial charge in [0.2, 0.25) is 0 Å². The third-order valence-electron chi connectivity index (χ3n) is 3.49. The summed E-state index contributed by atoms with van der Waals surface area (Å²) in [5.74, 6) is 1.43. The van der Waals surface area contributed by atoms with E-state index in [0.717, 1.165) is 12.8 Å². The minimum atomic E-state index is 1.06. The van der Waals surface area contributed by atoms with Gasteiger partial charge in [0, 0.05) is 0 Å². The van der Waals surface area contributed by atoms with Gasteiger partial charge in [-0.25, -0.2) is 0 Å². The number of benzene rings is 2. The van der Waals surface area contributed by atoms with Gasteiger partial charge in [0.05, 0.1) is 5.92 Å². The molecule has 0 heterocycles. The van der Waals surface area contributed by atoms with Crippen molar-refractivity contribution < 1.29 is 0 Å². The highest BCUT2D eigenvalue weighted by atomic mass is 14.3. The smallest absolute Gasteiger partial charge is 0.0517 e. The van der Waals surface area contributed by atoms with E-state index in [2.05, 4.69) is 67.6 Å². The molecule has 2 aromatic rings. The van der Waals surface area contributed by atoms with E-state index in [9.17, 15) is 0 Å². The van der Waals surface area contributed by atoms with Crippen LogP contribution in [-0.2, 0) is 12.8 Å². The van der Waals surface area contributed by atoms with Crippen LogP contribution in [0.25, 0.3) is 0 Å². The summed E-state index contributed by atoms with van der Waals surface area (Å²) in [5.41, 5.74) is 5.64. The molecule has 0 fully saturated rings. The molecule has 0 saturated heterocycles. The number of aryl methyl sites for hydroxylation is 1. The van der Waals surface area contributed by atoms with Gasteiger partial charge in [0.15, 0.2) is 0 Å². The Morgan fingerprint density at radius 2 is 1.40 bits per heavy atom. The maximum atomic E-state index is 2.30. The Bertz CT molecular complexity index is 546. The van der Waals surface area contributed by atoms with E-state index in [-0.39, 0.29) is 0 Å². The van der Waals surface area contributed by atoms with Crippen LogP contribution in [0.3, 0.4) is 0 Å². The van der Waals surface area contributed by atoms with Gasteiger partial charge in [0.25, 0.3) is 0 Å². The van der Waals surface area contributed by atoms with Crippen LogP contribution in [0.1, 0.15) is 37.5 Å². The second-order valence-electron chi connectivity index (χ2n) is 4.80. The molecular weight excluding hydrogens is 240 g/mol. The normalized spacial score (nSPS) is 13.2. The third kappa shape index (κ3) is 3.60. The van der Waals surface area contributed by atoms with E-state index in [1.807, 2.05) is 13.8 Å². The molecule has 1 aliphatic carbocycles. The van der Waals surface area contributed by atoms with Crippen molar-refractivity contribution in [3.8, 4) is 0 Å². The Morgan fingerprint density at radius 1 is 0.750 bits per heavy atom. The van der Waals surface area contributed by atoms with Crippen LogP contribution < -0.4 is 0 Å². The predicted octanol–water partition coefficient (Wildman–Crippen LogP) is 5.38. The molecule has 103 valence electrons. The van der Waals surface area contributed by atoms with E-state index in [4.69, 9.17) is 0 Å². The minimum Gasteiger partial charge on any atom is -0.0683 e. The zero-order valence-electron chi connectivity index (χ0n) is 12.7. The molecule has 0 bridgehead atoms. The number of allylic oxidation sites excluding steroid dienone is 2. The summed E-state index contributed by atoms with van der Waals surface area (Å²) in [4.78, 5) is 0. The fraction of sp³-hybridized carbons (Fsp3) is 0.250. The second-order valence-corrected chi connectivity index (χ2v) is 4.80. The Labute approximate surface area is 123 Å². The lowest BCUT2D eigenvalue weighted by molar-refractivity contribution is 1.13. The van der Waals surface area contributed by atoms with Crippen LogP contribution in [-0.4, -0.2) is 0 Å². The quantitative estimate of drug-likeness (QED) is 0.694. The minimum absolute atomic E-state index is 1.06. The van der Waals surface area contributed by atoms with Gasteiger partial charge in [-0.15, -0.1) is 0 Å². The van der Waals surface area contributed by atoms with Gasteiger partial charge in [-0.1, -0.05) is 87.0 Å². The summed E-state index contributed by atoms with van der Waals surface area (Å²) >= 11 is 0. The summed E-state index contributed by atoms with van der Waals surface area (Å²) in [6.07, 6.45) is 4.47. The van der Waals surface area contributed by atoms with Gasteiger partial charge in [-0.2, -0.15) is 0 Å².